The van der Waals surface area contributed by atoms with Gasteiger partial charge in [-0.1, -0.05) is 12.1 Å². The number of carbonyl (C=O) groups excluding carboxylic acids is 2. The van der Waals surface area contributed by atoms with Gasteiger partial charge in [0.25, 0.3) is 0 Å². The van der Waals surface area contributed by atoms with Crippen LogP contribution in [-0.4, -0.2) is 18.9 Å². The number of methoxy groups -OCH3 is 1. The van der Waals surface area contributed by atoms with Gasteiger partial charge in [0.2, 0.25) is 0 Å². The molecular formula is C14H14O3. The maximum atomic E-state index is 11.3. The van der Waals surface area contributed by atoms with Crippen LogP contribution in [0.15, 0.2) is 30.3 Å². The van der Waals surface area contributed by atoms with Crippen molar-refractivity contribution in [2.24, 2.45) is 0 Å². The summed E-state index contributed by atoms with van der Waals surface area (Å²) in [5.41, 5.74) is 2.59. The summed E-state index contributed by atoms with van der Waals surface area (Å²) >= 11 is 0. The second-order valence-electron chi connectivity index (χ2n) is 4.06. The molecule has 1 aliphatic rings. The van der Waals surface area contributed by atoms with Crippen molar-refractivity contribution in [3.63, 3.8) is 0 Å². The molecule has 0 fully saturated rings. The summed E-state index contributed by atoms with van der Waals surface area (Å²) in [6, 6.07) is 7.16. The van der Waals surface area contributed by atoms with E-state index in [9.17, 15) is 9.59 Å². The standard InChI is InChI=1S/C14H14O3/c1-17-14(16)11-7-5-10(6-8-11)12-3-2-4-13(15)9-12/h5-9H,2-4H2,1H3. The molecule has 0 bridgehead atoms. The lowest BCUT2D eigenvalue weighted by molar-refractivity contribution is -0.114. The average Bonchev–Trinajstić information content (AvgIpc) is 2.38. The summed E-state index contributed by atoms with van der Waals surface area (Å²) in [6.45, 7) is 0. The molecule has 0 amide bonds. The van der Waals surface area contributed by atoms with E-state index in [1.807, 2.05) is 12.1 Å². The summed E-state index contributed by atoms with van der Waals surface area (Å²) in [5.74, 6) is -0.159. The van der Waals surface area contributed by atoms with Gasteiger partial charge in [-0.25, -0.2) is 4.79 Å². The SMILES string of the molecule is COC(=O)c1ccc(C2=CC(=O)CCC2)cc1. The summed E-state index contributed by atoms with van der Waals surface area (Å²) in [4.78, 5) is 22.6. The van der Waals surface area contributed by atoms with Crippen molar-refractivity contribution >= 4 is 17.3 Å². The molecule has 1 aromatic rings. The number of benzene rings is 1. The Morgan fingerprint density at radius 3 is 2.47 bits per heavy atom. The zero-order chi connectivity index (χ0) is 12.3. The highest BCUT2D eigenvalue weighted by Crippen LogP contribution is 2.25. The second-order valence-corrected chi connectivity index (χ2v) is 4.06. The van der Waals surface area contributed by atoms with Crippen LogP contribution in [-0.2, 0) is 9.53 Å². The van der Waals surface area contributed by atoms with Gasteiger partial charge in [0.1, 0.15) is 0 Å². The smallest absolute Gasteiger partial charge is 0.337 e. The first-order chi connectivity index (χ1) is 8.20. The number of ketones is 1. The van der Waals surface area contributed by atoms with Crippen LogP contribution in [0.1, 0.15) is 35.2 Å². The first-order valence-corrected chi connectivity index (χ1v) is 5.63. The lowest BCUT2D eigenvalue weighted by Gasteiger charge is -2.12. The van der Waals surface area contributed by atoms with Crippen molar-refractivity contribution in [1.29, 1.82) is 0 Å². The van der Waals surface area contributed by atoms with Gasteiger partial charge >= 0.3 is 5.97 Å². The van der Waals surface area contributed by atoms with E-state index >= 15 is 0 Å². The Labute approximate surface area is 100 Å². The first-order valence-electron chi connectivity index (χ1n) is 5.63. The fourth-order valence-electron chi connectivity index (χ4n) is 1.96. The van der Waals surface area contributed by atoms with Crippen LogP contribution >= 0.6 is 0 Å². The highest BCUT2D eigenvalue weighted by Gasteiger charge is 2.12. The maximum Gasteiger partial charge on any atom is 0.337 e. The van der Waals surface area contributed by atoms with Gasteiger partial charge in [0, 0.05) is 6.42 Å². The Bertz CT molecular complexity index is 469. The van der Waals surface area contributed by atoms with E-state index < -0.39 is 0 Å². The molecule has 0 saturated heterocycles. The molecule has 2 rings (SSSR count). The highest BCUT2D eigenvalue weighted by molar-refractivity contribution is 5.98. The number of allylic oxidation sites excluding steroid dienone is 2. The fourth-order valence-corrected chi connectivity index (χ4v) is 1.96. The Hall–Kier alpha value is -1.90. The van der Waals surface area contributed by atoms with E-state index in [1.165, 1.54) is 7.11 Å². The van der Waals surface area contributed by atoms with Crippen molar-refractivity contribution < 1.29 is 14.3 Å². The van der Waals surface area contributed by atoms with Gasteiger partial charge in [-0.2, -0.15) is 0 Å². The highest BCUT2D eigenvalue weighted by atomic mass is 16.5. The molecule has 0 saturated carbocycles. The summed E-state index contributed by atoms with van der Waals surface area (Å²) in [6.07, 6.45) is 4.17. The monoisotopic (exact) mass is 230 g/mol. The van der Waals surface area contributed by atoms with Crippen molar-refractivity contribution in [3.05, 3.63) is 41.5 Å². The Morgan fingerprint density at radius 1 is 1.18 bits per heavy atom. The van der Waals surface area contributed by atoms with Crippen molar-refractivity contribution in [1.82, 2.24) is 0 Å². The Balaban J connectivity index is 2.23. The van der Waals surface area contributed by atoms with Crippen molar-refractivity contribution in [3.8, 4) is 0 Å². The van der Waals surface area contributed by atoms with Gasteiger partial charge in [0.15, 0.2) is 5.78 Å². The molecule has 0 N–H and O–H groups in total. The minimum absolute atomic E-state index is 0.184. The van der Waals surface area contributed by atoms with Crippen LogP contribution < -0.4 is 0 Å². The third kappa shape index (κ3) is 2.61. The predicted octanol–water partition coefficient (Wildman–Crippen LogP) is 2.61. The van der Waals surface area contributed by atoms with Crippen LogP contribution in [0.3, 0.4) is 0 Å². The van der Waals surface area contributed by atoms with Gasteiger partial charge in [-0.05, 0) is 42.2 Å². The molecule has 3 heteroatoms. The first kappa shape index (κ1) is 11.6. The molecule has 1 aromatic carbocycles. The van der Waals surface area contributed by atoms with Crippen molar-refractivity contribution in [2.45, 2.75) is 19.3 Å². The van der Waals surface area contributed by atoms with E-state index in [2.05, 4.69) is 4.74 Å². The average molecular weight is 230 g/mol. The largest absolute Gasteiger partial charge is 0.465 e. The number of carbonyl (C=O) groups is 2. The van der Waals surface area contributed by atoms with Gasteiger partial charge in [0.05, 0.1) is 12.7 Å². The number of rotatable bonds is 2. The van der Waals surface area contributed by atoms with E-state index in [0.29, 0.717) is 12.0 Å². The molecule has 0 atom stereocenters. The van der Waals surface area contributed by atoms with E-state index in [-0.39, 0.29) is 11.8 Å². The summed E-state index contributed by atoms with van der Waals surface area (Å²) in [7, 11) is 1.36. The van der Waals surface area contributed by atoms with Crippen LogP contribution in [0.2, 0.25) is 0 Å². The quantitative estimate of drug-likeness (QED) is 0.733. The molecule has 17 heavy (non-hydrogen) atoms. The molecule has 0 unspecified atom stereocenters. The van der Waals surface area contributed by atoms with Gasteiger partial charge in [-0.3, -0.25) is 4.79 Å². The zero-order valence-corrected chi connectivity index (χ0v) is 9.73. The molecule has 0 heterocycles. The van der Waals surface area contributed by atoms with E-state index in [1.54, 1.807) is 18.2 Å². The number of esters is 1. The number of hydrogen-bond acceptors (Lipinski definition) is 3. The lowest BCUT2D eigenvalue weighted by Crippen LogP contribution is -2.03. The number of hydrogen-bond donors (Lipinski definition) is 0. The van der Waals surface area contributed by atoms with Crippen LogP contribution in [0.5, 0.6) is 0 Å². The van der Waals surface area contributed by atoms with Crippen LogP contribution in [0, 0.1) is 0 Å². The molecule has 3 nitrogen and oxygen atoms in total. The number of ether oxygens (including phenoxy) is 1. The Kier molecular flexibility index (Phi) is 3.38. The fraction of sp³-hybridized carbons (Fsp3) is 0.286. The summed E-state index contributed by atoms with van der Waals surface area (Å²) < 4.78 is 4.63. The molecular weight excluding hydrogens is 216 g/mol. The predicted molar refractivity (Wildman–Crippen MR) is 64.6 cm³/mol. The summed E-state index contributed by atoms with van der Waals surface area (Å²) in [5, 5.41) is 0. The Morgan fingerprint density at radius 2 is 1.88 bits per heavy atom. The van der Waals surface area contributed by atoms with Gasteiger partial charge in [-0.15, -0.1) is 0 Å². The third-order valence-corrected chi connectivity index (χ3v) is 2.88. The van der Waals surface area contributed by atoms with E-state index in [0.717, 1.165) is 24.0 Å². The molecule has 0 spiro atoms. The van der Waals surface area contributed by atoms with Crippen LogP contribution in [0.4, 0.5) is 0 Å². The normalized spacial score (nSPS) is 15.4. The van der Waals surface area contributed by atoms with Crippen LogP contribution in [0.25, 0.3) is 5.57 Å². The second kappa shape index (κ2) is 4.95. The van der Waals surface area contributed by atoms with E-state index in [4.69, 9.17) is 0 Å². The van der Waals surface area contributed by atoms with Gasteiger partial charge < -0.3 is 4.74 Å². The zero-order valence-electron chi connectivity index (χ0n) is 9.73. The molecule has 0 aliphatic heterocycles. The minimum Gasteiger partial charge on any atom is -0.465 e. The molecule has 0 aromatic heterocycles. The van der Waals surface area contributed by atoms with Crippen molar-refractivity contribution in [2.75, 3.05) is 7.11 Å². The maximum absolute atomic E-state index is 11.3. The topological polar surface area (TPSA) is 43.4 Å². The molecule has 0 radical (unpaired) electrons. The lowest BCUT2D eigenvalue weighted by atomic mass is 9.92. The molecule has 88 valence electrons. The third-order valence-electron chi connectivity index (χ3n) is 2.88. The minimum atomic E-state index is -0.342. The molecule has 1 aliphatic carbocycles.